The lowest BCUT2D eigenvalue weighted by Crippen LogP contribution is -2.40. The van der Waals surface area contributed by atoms with Crippen molar-refractivity contribution in [1.29, 1.82) is 0 Å². The van der Waals surface area contributed by atoms with Gasteiger partial charge in [0.2, 0.25) is 15.9 Å². The first kappa shape index (κ1) is 18.7. The van der Waals surface area contributed by atoms with E-state index in [-0.39, 0.29) is 16.7 Å². The van der Waals surface area contributed by atoms with Gasteiger partial charge in [0, 0.05) is 19.5 Å². The summed E-state index contributed by atoms with van der Waals surface area (Å²) in [5, 5.41) is 2.74. The Morgan fingerprint density at radius 2 is 2.00 bits per heavy atom. The average molecular weight is 356 g/mol. The smallest absolute Gasteiger partial charge is 0.243 e. The Labute approximate surface area is 143 Å². The van der Waals surface area contributed by atoms with Crippen molar-refractivity contribution in [3.8, 4) is 5.75 Å². The molecule has 1 aliphatic rings. The molecule has 1 aliphatic heterocycles. The third-order valence-corrected chi connectivity index (χ3v) is 5.54. The van der Waals surface area contributed by atoms with Gasteiger partial charge in [0.15, 0.2) is 0 Å². The van der Waals surface area contributed by atoms with Crippen LogP contribution in [0.4, 0.5) is 5.69 Å². The number of hydrogen-bond donors (Lipinski definition) is 1. The molecule has 0 aromatic heterocycles. The maximum atomic E-state index is 12.7. The number of benzene rings is 1. The molecule has 0 aliphatic carbocycles. The molecule has 1 saturated heterocycles. The third kappa shape index (κ3) is 4.46. The van der Waals surface area contributed by atoms with Crippen LogP contribution in [0.25, 0.3) is 0 Å². The van der Waals surface area contributed by atoms with Gasteiger partial charge in [-0.3, -0.25) is 4.79 Å². The van der Waals surface area contributed by atoms with Gasteiger partial charge in [-0.2, -0.15) is 4.31 Å². The van der Waals surface area contributed by atoms with Crippen LogP contribution in [0.2, 0.25) is 0 Å². The minimum atomic E-state index is -3.62. The fourth-order valence-electron chi connectivity index (χ4n) is 2.45. The van der Waals surface area contributed by atoms with Gasteiger partial charge >= 0.3 is 0 Å². The van der Waals surface area contributed by atoms with E-state index in [0.29, 0.717) is 44.2 Å². The van der Waals surface area contributed by atoms with E-state index in [1.165, 1.54) is 23.5 Å². The minimum absolute atomic E-state index is 0.130. The molecule has 0 saturated carbocycles. The normalized spacial score (nSPS) is 16.2. The first-order valence-electron chi connectivity index (χ1n) is 7.90. The standard InChI is InChI=1S/C16H24N2O5S/c1-12(2)10-16(19)17-14-11-13(4-5-15(14)22-3)24(20,21)18-6-8-23-9-7-18/h4-5,11-12H,6-10H2,1-3H3,(H,17,19). The second kappa shape index (κ2) is 7.96. The maximum Gasteiger partial charge on any atom is 0.243 e. The van der Waals surface area contributed by atoms with Gasteiger partial charge in [0.05, 0.1) is 30.9 Å². The monoisotopic (exact) mass is 356 g/mol. The van der Waals surface area contributed by atoms with E-state index in [9.17, 15) is 13.2 Å². The molecule has 2 rings (SSSR count). The number of carbonyl (C=O) groups is 1. The molecule has 24 heavy (non-hydrogen) atoms. The Kier molecular flexibility index (Phi) is 6.20. The molecule has 1 aromatic carbocycles. The topological polar surface area (TPSA) is 84.9 Å². The first-order valence-corrected chi connectivity index (χ1v) is 9.34. The first-order chi connectivity index (χ1) is 11.3. The number of morpholine rings is 1. The van der Waals surface area contributed by atoms with Crippen molar-refractivity contribution in [2.24, 2.45) is 5.92 Å². The summed E-state index contributed by atoms with van der Waals surface area (Å²) < 4.78 is 37.2. The molecule has 1 fully saturated rings. The summed E-state index contributed by atoms with van der Waals surface area (Å²) in [6, 6.07) is 4.49. The van der Waals surface area contributed by atoms with Crippen LogP contribution in [-0.4, -0.2) is 52.0 Å². The Morgan fingerprint density at radius 1 is 1.33 bits per heavy atom. The van der Waals surface area contributed by atoms with Crippen LogP contribution in [0.5, 0.6) is 5.75 Å². The number of amides is 1. The summed E-state index contributed by atoms with van der Waals surface area (Å²) >= 11 is 0. The predicted octanol–water partition coefficient (Wildman–Crippen LogP) is 1.70. The Bertz CT molecular complexity index is 682. The average Bonchev–Trinajstić information content (AvgIpc) is 2.54. The van der Waals surface area contributed by atoms with Crippen molar-refractivity contribution in [3.63, 3.8) is 0 Å². The molecule has 1 heterocycles. The highest BCUT2D eigenvalue weighted by molar-refractivity contribution is 7.89. The molecule has 0 atom stereocenters. The van der Waals surface area contributed by atoms with Crippen LogP contribution in [0.1, 0.15) is 20.3 Å². The van der Waals surface area contributed by atoms with E-state index in [2.05, 4.69) is 5.32 Å². The fraction of sp³-hybridized carbons (Fsp3) is 0.562. The van der Waals surface area contributed by atoms with Crippen LogP contribution in [0.3, 0.4) is 0 Å². The molecule has 1 N–H and O–H groups in total. The van der Waals surface area contributed by atoms with Gasteiger partial charge in [-0.1, -0.05) is 13.8 Å². The van der Waals surface area contributed by atoms with Crippen molar-refractivity contribution < 1.29 is 22.7 Å². The highest BCUT2D eigenvalue weighted by atomic mass is 32.2. The Morgan fingerprint density at radius 3 is 2.58 bits per heavy atom. The van der Waals surface area contributed by atoms with Crippen molar-refractivity contribution in [1.82, 2.24) is 4.31 Å². The second-order valence-electron chi connectivity index (χ2n) is 6.02. The van der Waals surface area contributed by atoms with E-state index >= 15 is 0 Å². The molecule has 8 heteroatoms. The SMILES string of the molecule is COc1ccc(S(=O)(=O)N2CCOCC2)cc1NC(=O)CC(C)C. The van der Waals surface area contributed by atoms with Gasteiger partial charge in [-0.05, 0) is 24.1 Å². The van der Waals surface area contributed by atoms with Crippen molar-refractivity contribution in [3.05, 3.63) is 18.2 Å². The van der Waals surface area contributed by atoms with E-state index in [4.69, 9.17) is 9.47 Å². The van der Waals surface area contributed by atoms with Gasteiger partial charge in [0.25, 0.3) is 0 Å². The van der Waals surface area contributed by atoms with E-state index in [0.717, 1.165) is 0 Å². The van der Waals surface area contributed by atoms with Crippen LogP contribution in [-0.2, 0) is 19.6 Å². The summed E-state index contributed by atoms with van der Waals surface area (Å²) in [6.07, 6.45) is 0.351. The van der Waals surface area contributed by atoms with Gasteiger partial charge in [0.1, 0.15) is 5.75 Å². The van der Waals surface area contributed by atoms with Crippen molar-refractivity contribution in [2.45, 2.75) is 25.2 Å². The molecule has 1 aromatic rings. The number of carbonyl (C=O) groups excluding carboxylic acids is 1. The molecule has 1 amide bonds. The summed E-state index contributed by atoms with van der Waals surface area (Å²) in [5.74, 6) is 0.452. The molecule has 0 bridgehead atoms. The van der Waals surface area contributed by atoms with Gasteiger partial charge in [-0.15, -0.1) is 0 Å². The van der Waals surface area contributed by atoms with E-state index < -0.39 is 10.0 Å². The van der Waals surface area contributed by atoms with Crippen molar-refractivity contribution >= 4 is 21.6 Å². The Balaban J connectivity index is 2.28. The molecule has 0 spiro atoms. The Hall–Kier alpha value is -1.64. The highest BCUT2D eigenvalue weighted by Gasteiger charge is 2.27. The lowest BCUT2D eigenvalue weighted by molar-refractivity contribution is -0.116. The molecule has 134 valence electrons. The minimum Gasteiger partial charge on any atom is -0.495 e. The second-order valence-corrected chi connectivity index (χ2v) is 7.96. The number of nitrogens with one attached hydrogen (secondary N) is 1. The highest BCUT2D eigenvalue weighted by Crippen LogP contribution is 2.29. The molecule has 0 unspecified atom stereocenters. The molecular weight excluding hydrogens is 332 g/mol. The van der Waals surface area contributed by atoms with Gasteiger partial charge in [-0.25, -0.2) is 8.42 Å². The maximum absolute atomic E-state index is 12.7. The lowest BCUT2D eigenvalue weighted by atomic mass is 10.1. The number of methoxy groups -OCH3 is 1. The summed E-state index contributed by atoms with van der Waals surface area (Å²) in [4.78, 5) is 12.1. The number of rotatable bonds is 6. The van der Waals surface area contributed by atoms with E-state index in [1.807, 2.05) is 13.8 Å². The summed E-state index contributed by atoms with van der Waals surface area (Å²) in [7, 11) is -2.15. The molecular formula is C16H24N2O5S. The predicted molar refractivity (Wildman–Crippen MR) is 90.7 cm³/mol. The third-order valence-electron chi connectivity index (χ3n) is 3.65. The van der Waals surface area contributed by atoms with Crippen molar-refractivity contribution in [2.75, 3.05) is 38.7 Å². The molecule has 0 radical (unpaired) electrons. The van der Waals surface area contributed by atoms with Crippen LogP contribution >= 0.6 is 0 Å². The lowest BCUT2D eigenvalue weighted by Gasteiger charge is -2.26. The molecule has 7 nitrogen and oxygen atoms in total. The van der Waals surface area contributed by atoms with Gasteiger partial charge < -0.3 is 14.8 Å². The summed E-state index contributed by atoms with van der Waals surface area (Å²) in [6.45, 7) is 5.29. The number of anilines is 1. The summed E-state index contributed by atoms with van der Waals surface area (Å²) in [5.41, 5.74) is 0.359. The quantitative estimate of drug-likeness (QED) is 0.839. The zero-order valence-electron chi connectivity index (χ0n) is 14.2. The largest absolute Gasteiger partial charge is 0.495 e. The van der Waals surface area contributed by atoms with E-state index in [1.54, 1.807) is 6.07 Å². The van der Waals surface area contributed by atoms with Crippen LogP contribution < -0.4 is 10.1 Å². The number of ether oxygens (including phenoxy) is 2. The van der Waals surface area contributed by atoms with Crippen LogP contribution in [0, 0.1) is 5.92 Å². The number of sulfonamides is 1. The number of hydrogen-bond acceptors (Lipinski definition) is 5. The number of nitrogens with zero attached hydrogens (tertiary/aromatic N) is 1. The zero-order chi connectivity index (χ0) is 17.7. The zero-order valence-corrected chi connectivity index (χ0v) is 15.1. The van der Waals surface area contributed by atoms with Crippen LogP contribution in [0.15, 0.2) is 23.1 Å². The fourth-order valence-corrected chi connectivity index (χ4v) is 3.89.